The lowest BCUT2D eigenvalue weighted by molar-refractivity contribution is -0.142. The third-order valence-corrected chi connectivity index (χ3v) is 3.20. The minimum Gasteiger partial charge on any atom is -0.481 e. The first-order valence-electron chi connectivity index (χ1n) is 5.83. The van der Waals surface area contributed by atoms with Gasteiger partial charge in [0, 0.05) is 11.5 Å². The number of rotatable bonds is 5. The van der Waals surface area contributed by atoms with Crippen LogP contribution in [-0.4, -0.2) is 16.9 Å². The van der Waals surface area contributed by atoms with Gasteiger partial charge in [0.1, 0.15) is 0 Å². The molecule has 0 amide bonds. The highest BCUT2D eigenvalue weighted by Gasteiger charge is 2.26. The normalized spacial score (nSPS) is 14.1. The van der Waals surface area contributed by atoms with Crippen LogP contribution in [0.25, 0.3) is 0 Å². The first kappa shape index (κ1) is 13.4. The van der Waals surface area contributed by atoms with Crippen LogP contribution < -0.4 is 0 Å². The maximum atomic E-state index is 12.0. The van der Waals surface area contributed by atoms with E-state index in [1.54, 1.807) is 26.0 Å². The van der Waals surface area contributed by atoms with Gasteiger partial charge in [-0.05, 0) is 12.0 Å². The van der Waals surface area contributed by atoms with E-state index in [1.807, 2.05) is 19.1 Å². The van der Waals surface area contributed by atoms with Gasteiger partial charge in [-0.2, -0.15) is 0 Å². The number of Topliss-reactive ketones (excluding diaryl/α,β-unsaturated/α-hetero) is 1. The van der Waals surface area contributed by atoms with E-state index < -0.39 is 17.8 Å². The highest BCUT2D eigenvalue weighted by molar-refractivity contribution is 5.99. The summed E-state index contributed by atoms with van der Waals surface area (Å²) in [7, 11) is 0. The molecule has 0 bridgehead atoms. The molecule has 17 heavy (non-hydrogen) atoms. The van der Waals surface area contributed by atoms with Gasteiger partial charge in [-0.3, -0.25) is 9.59 Å². The summed E-state index contributed by atoms with van der Waals surface area (Å²) in [5, 5.41) is 8.88. The fraction of sp³-hybridized carbons (Fsp3) is 0.429. The lowest BCUT2D eigenvalue weighted by Gasteiger charge is -2.14. The number of ketones is 1. The van der Waals surface area contributed by atoms with E-state index in [4.69, 9.17) is 5.11 Å². The van der Waals surface area contributed by atoms with Gasteiger partial charge in [-0.15, -0.1) is 0 Å². The predicted octanol–water partition coefficient (Wildman–Crippen LogP) is 2.79. The van der Waals surface area contributed by atoms with Gasteiger partial charge in [-0.1, -0.05) is 45.0 Å². The first-order chi connectivity index (χ1) is 7.97. The molecular weight excluding hydrogens is 216 g/mol. The molecule has 1 aromatic rings. The van der Waals surface area contributed by atoms with Crippen LogP contribution in [-0.2, 0) is 11.2 Å². The Balaban J connectivity index is 2.85. The molecule has 1 aromatic carbocycles. The number of carboxylic acid groups (broad SMARTS) is 1. The molecule has 0 saturated heterocycles. The molecule has 0 radical (unpaired) electrons. The molecular formula is C14H18O3. The molecule has 1 N–H and O–H groups in total. The molecule has 1 rings (SSSR count). The van der Waals surface area contributed by atoms with E-state index in [1.165, 1.54) is 5.56 Å². The van der Waals surface area contributed by atoms with Crippen molar-refractivity contribution in [2.75, 3.05) is 0 Å². The van der Waals surface area contributed by atoms with E-state index in [9.17, 15) is 9.59 Å². The highest BCUT2D eigenvalue weighted by atomic mass is 16.4. The zero-order valence-electron chi connectivity index (χ0n) is 10.4. The zero-order valence-corrected chi connectivity index (χ0v) is 10.4. The maximum Gasteiger partial charge on any atom is 0.306 e. The van der Waals surface area contributed by atoms with Gasteiger partial charge in [0.25, 0.3) is 0 Å². The van der Waals surface area contributed by atoms with Crippen molar-refractivity contribution in [3.63, 3.8) is 0 Å². The minimum absolute atomic E-state index is 0.109. The van der Waals surface area contributed by atoms with E-state index >= 15 is 0 Å². The Morgan fingerprint density at radius 3 is 2.06 bits per heavy atom. The molecule has 0 heterocycles. The molecule has 2 unspecified atom stereocenters. The third kappa shape index (κ3) is 3.16. The Hall–Kier alpha value is -1.64. The van der Waals surface area contributed by atoms with Crippen LogP contribution in [0.3, 0.4) is 0 Å². The van der Waals surface area contributed by atoms with E-state index in [0.29, 0.717) is 5.56 Å². The molecule has 3 heteroatoms. The summed E-state index contributed by atoms with van der Waals surface area (Å²) < 4.78 is 0. The summed E-state index contributed by atoms with van der Waals surface area (Å²) in [5.74, 6) is -2.20. The molecule has 3 nitrogen and oxygen atoms in total. The number of aryl methyl sites for hydroxylation is 1. The number of carboxylic acids is 1. The second kappa shape index (κ2) is 5.62. The van der Waals surface area contributed by atoms with Gasteiger partial charge in [0.2, 0.25) is 0 Å². The second-order valence-electron chi connectivity index (χ2n) is 4.33. The Kier molecular flexibility index (Phi) is 4.44. The number of hydrogen-bond donors (Lipinski definition) is 1. The number of hydrogen-bond acceptors (Lipinski definition) is 2. The van der Waals surface area contributed by atoms with Crippen molar-refractivity contribution < 1.29 is 14.7 Å². The van der Waals surface area contributed by atoms with Gasteiger partial charge in [-0.25, -0.2) is 0 Å². The van der Waals surface area contributed by atoms with Crippen molar-refractivity contribution in [3.8, 4) is 0 Å². The van der Waals surface area contributed by atoms with E-state index in [0.717, 1.165) is 6.42 Å². The number of aliphatic carboxylic acids is 1. The lowest BCUT2D eigenvalue weighted by Crippen LogP contribution is -2.25. The quantitative estimate of drug-likeness (QED) is 0.797. The van der Waals surface area contributed by atoms with Gasteiger partial charge < -0.3 is 5.11 Å². The second-order valence-corrected chi connectivity index (χ2v) is 4.33. The fourth-order valence-corrected chi connectivity index (χ4v) is 1.61. The highest BCUT2D eigenvalue weighted by Crippen LogP contribution is 2.18. The smallest absolute Gasteiger partial charge is 0.306 e. The average molecular weight is 234 g/mol. The molecule has 0 spiro atoms. The first-order valence-corrected chi connectivity index (χ1v) is 5.83. The van der Waals surface area contributed by atoms with Gasteiger partial charge in [0.15, 0.2) is 5.78 Å². The van der Waals surface area contributed by atoms with Crippen LogP contribution in [0.2, 0.25) is 0 Å². The molecule has 0 aliphatic carbocycles. The summed E-state index contributed by atoms with van der Waals surface area (Å²) in [5.41, 5.74) is 1.75. The molecule has 0 aliphatic heterocycles. The topological polar surface area (TPSA) is 54.4 Å². The lowest BCUT2D eigenvalue weighted by atomic mass is 9.88. The van der Waals surface area contributed by atoms with Crippen molar-refractivity contribution in [2.45, 2.75) is 27.2 Å². The van der Waals surface area contributed by atoms with Crippen molar-refractivity contribution in [1.29, 1.82) is 0 Å². The molecule has 0 aliphatic rings. The van der Waals surface area contributed by atoms with Crippen LogP contribution in [0.1, 0.15) is 36.7 Å². The van der Waals surface area contributed by atoms with Crippen molar-refractivity contribution in [1.82, 2.24) is 0 Å². The predicted molar refractivity (Wildman–Crippen MR) is 66.1 cm³/mol. The molecule has 0 fully saturated rings. The largest absolute Gasteiger partial charge is 0.481 e. The Labute approximate surface area is 101 Å². The summed E-state index contributed by atoms with van der Waals surface area (Å²) in [6.07, 6.45) is 0.926. The van der Waals surface area contributed by atoms with Gasteiger partial charge in [0.05, 0.1) is 5.92 Å². The van der Waals surface area contributed by atoms with Crippen LogP contribution in [0.15, 0.2) is 24.3 Å². The molecule has 0 saturated carbocycles. The average Bonchev–Trinajstić information content (AvgIpc) is 2.36. The summed E-state index contributed by atoms with van der Waals surface area (Å²) >= 11 is 0. The van der Waals surface area contributed by atoms with E-state index in [-0.39, 0.29) is 5.78 Å². The SMILES string of the molecule is CCc1ccc(C(=O)C(C)C(C)C(=O)O)cc1. The van der Waals surface area contributed by atoms with E-state index in [2.05, 4.69) is 0 Å². The van der Waals surface area contributed by atoms with Crippen molar-refractivity contribution >= 4 is 11.8 Å². The Morgan fingerprint density at radius 2 is 1.65 bits per heavy atom. The van der Waals surface area contributed by atoms with Crippen LogP contribution in [0.5, 0.6) is 0 Å². The zero-order chi connectivity index (χ0) is 13.0. The van der Waals surface area contributed by atoms with Crippen molar-refractivity contribution in [2.24, 2.45) is 11.8 Å². The summed E-state index contributed by atoms with van der Waals surface area (Å²) in [6, 6.07) is 7.36. The standard InChI is InChI=1S/C14H18O3/c1-4-11-5-7-12(8-6-11)13(15)9(2)10(3)14(16)17/h5-10H,4H2,1-3H3,(H,16,17). The van der Waals surface area contributed by atoms with Crippen LogP contribution in [0.4, 0.5) is 0 Å². The fourth-order valence-electron chi connectivity index (χ4n) is 1.61. The third-order valence-electron chi connectivity index (χ3n) is 3.20. The van der Waals surface area contributed by atoms with Crippen molar-refractivity contribution in [3.05, 3.63) is 35.4 Å². The van der Waals surface area contributed by atoms with Crippen LogP contribution in [0, 0.1) is 11.8 Å². The Bertz CT molecular complexity index is 406. The molecule has 2 atom stereocenters. The number of carbonyl (C=O) groups excluding carboxylic acids is 1. The monoisotopic (exact) mass is 234 g/mol. The number of benzene rings is 1. The number of carbonyl (C=O) groups is 2. The molecule has 92 valence electrons. The minimum atomic E-state index is -0.934. The summed E-state index contributed by atoms with van der Waals surface area (Å²) in [6.45, 7) is 5.27. The van der Waals surface area contributed by atoms with Crippen LogP contribution >= 0.6 is 0 Å². The molecule has 0 aromatic heterocycles. The summed E-state index contributed by atoms with van der Waals surface area (Å²) in [4.78, 5) is 22.9. The Morgan fingerprint density at radius 1 is 1.12 bits per heavy atom. The van der Waals surface area contributed by atoms with Gasteiger partial charge >= 0.3 is 5.97 Å². The maximum absolute atomic E-state index is 12.0.